The Morgan fingerprint density at radius 2 is 1.96 bits per heavy atom. The molecular weight excluding hydrogens is 348 g/mol. The van der Waals surface area contributed by atoms with E-state index in [4.69, 9.17) is 16.3 Å². The summed E-state index contributed by atoms with van der Waals surface area (Å²) in [7, 11) is 0. The number of ether oxygens (including phenoxy) is 1. The molecule has 8 nitrogen and oxygen atoms in total. The minimum Gasteiger partial charge on any atom is -0.372 e. The smallest absolute Gasteiger partial charge is 0.328 e. The van der Waals surface area contributed by atoms with Crippen molar-refractivity contribution in [3.05, 3.63) is 23.0 Å². The quantitative estimate of drug-likeness (QED) is 0.517. The topological polar surface area (TPSA) is 101 Å². The number of anilines is 1. The molecule has 2 saturated heterocycles. The molecule has 0 bridgehead atoms. The highest BCUT2D eigenvalue weighted by Gasteiger charge is 2.62. The van der Waals surface area contributed by atoms with E-state index >= 15 is 0 Å². The standard InChI is InChI=1S/C16H17ClN4O4/c1-7-6-21-10-3-11(17)18-5-9(10)4-16(12(21)8(2)25-7)13(22)19-15(24)20-14(16)23/h3,5,7-8,12H,4,6H2,1-2H3,(H2,19,20,22,23,24)/t7-,8+,12-/m1/s1. The average Bonchev–Trinajstić information content (AvgIpc) is 2.52. The van der Waals surface area contributed by atoms with Crippen molar-refractivity contribution in [1.82, 2.24) is 15.6 Å². The van der Waals surface area contributed by atoms with Gasteiger partial charge in [0.2, 0.25) is 11.8 Å². The number of hydrogen-bond donors (Lipinski definition) is 2. The van der Waals surface area contributed by atoms with Crippen LogP contribution in [0.2, 0.25) is 5.15 Å². The Balaban J connectivity index is 1.92. The first kappa shape index (κ1) is 16.3. The van der Waals surface area contributed by atoms with E-state index in [-0.39, 0.29) is 12.5 Å². The van der Waals surface area contributed by atoms with Crippen molar-refractivity contribution in [1.29, 1.82) is 0 Å². The Morgan fingerprint density at radius 3 is 2.64 bits per heavy atom. The Morgan fingerprint density at radius 1 is 1.28 bits per heavy atom. The number of amides is 4. The maximum Gasteiger partial charge on any atom is 0.328 e. The lowest BCUT2D eigenvalue weighted by atomic mass is 9.67. The monoisotopic (exact) mass is 364 g/mol. The van der Waals surface area contributed by atoms with Crippen LogP contribution in [0.25, 0.3) is 0 Å². The molecule has 0 aliphatic carbocycles. The van der Waals surface area contributed by atoms with Crippen LogP contribution in [-0.2, 0) is 20.7 Å². The van der Waals surface area contributed by atoms with Crippen LogP contribution < -0.4 is 15.5 Å². The van der Waals surface area contributed by atoms with Gasteiger partial charge in [0.1, 0.15) is 5.15 Å². The molecule has 2 N–H and O–H groups in total. The molecule has 0 radical (unpaired) electrons. The second-order valence-electron chi connectivity index (χ2n) is 6.77. The molecule has 3 aliphatic heterocycles. The lowest BCUT2D eigenvalue weighted by Gasteiger charge is -2.55. The minimum absolute atomic E-state index is 0.0856. The largest absolute Gasteiger partial charge is 0.372 e. The number of fused-ring (bicyclic) bond motifs is 4. The zero-order chi connectivity index (χ0) is 17.9. The summed E-state index contributed by atoms with van der Waals surface area (Å²) < 4.78 is 5.92. The lowest BCUT2D eigenvalue weighted by molar-refractivity contribution is -0.153. The van der Waals surface area contributed by atoms with Gasteiger partial charge in [0.15, 0.2) is 5.41 Å². The lowest BCUT2D eigenvalue weighted by Crippen LogP contribution is -2.75. The number of aromatic nitrogens is 1. The first-order valence-electron chi connectivity index (χ1n) is 8.06. The van der Waals surface area contributed by atoms with Crippen molar-refractivity contribution in [2.45, 2.75) is 38.5 Å². The molecule has 132 valence electrons. The van der Waals surface area contributed by atoms with Crippen molar-refractivity contribution in [3.8, 4) is 0 Å². The first-order chi connectivity index (χ1) is 11.8. The van der Waals surface area contributed by atoms with Crippen LogP contribution in [-0.4, -0.2) is 47.6 Å². The molecule has 1 aromatic heterocycles. The van der Waals surface area contributed by atoms with Gasteiger partial charge in [-0.3, -0.25) is 20.2 Å². The summed E-state index contributed by atoms with van der Waals surface area (Å²) in [5.74, 6) is -1.22. The fraction of sp³-hybridized carbons (Fsp3) is 0.500. The zero-order valence-electron chi connectivity index (χ0n) is 13.7. The summed E-state index contributed by atoms with van der Waals surface area (Å²) >= 11 is 6.06. The summed E-state index contributed by atoms with van der Waals surface area (Å²) in [6.45, 7) is 4.26. The minimum atomic E-state index is -1.46. The third-order valence-corrected chi connectivity index (χ3v) is 5.36. The predicted octanol–water partition coefficient (Wildman–Crippen LogP) is 0.626. The van der Waals surface area contributed by atoms with E-state index in [1.54, 1.807) is 12.3 Å². The van der Waals surface area contributed by atoms with Crippen molar-refractivity contribution >= 4 is 35.1 Å². The molecule has 0 aromatic carbocycles. The number of barbiturate groups is 1. The Hall–Kier alpha value is -2.19. The van der Waals surface area contributed by atoms with E-state index in [0.717, 1.165) is 11.3 Å². The third kappa shape index (κ3) is 2.24. The van der Waals surface area contributed by atoms with Crippen molar-refractivity contribution < 1.29 is 19.1 Å². The second-order valence-corrected chi connectivity index (χ2v) is 7.16. The Bertz CT molecular complexity index is 778. The summed E-state index contributed by atoms with van der Waals surface area (Å²) in [6.07, 6.45) is 1.23. The number of carbonyl (C=O) groups is 3. The predicted molar refractivity (Wildman–Crippen MR) is 88.2 cm³/mol. The molecule has 25 heavy (non-hydrogen) atoms. The van der Waals surface area contributed by atoms with Crippen LogP contribution in [0.4, 0.5) is 10.5 Å². The summed E-state index contributed by atoms with van der Waals surface area (Å²) in [6, 6.07) is 0.387. The SMILES string of the molecule is C[C@@H]1CN2c3cc(Cl)ncc3CC3(C(=O)NC(=O)NC3=O)[C@H]2[C@H](C)O1. The van der Waals surface area contributed by atoms with Gasteiger partial charge in [-0.25, -0.2) is 9.78 Å². The normalized spacial score (nSPS) is 30.4. The van der Waals surface area contributed by atoms with Crippen LogP contribution in [0.5, 0.6) is 0 Å². The number of urea groups is 1. The number of nitrogens with one attached hydrogen (secondary N) is 2. The molecule has 1 aromatic rings. The van der Waals surface area contributed by atoms with Crippen LogP contribution in [0.15, 0.2) is 12.3 Å². The van der Waals surface area contributed by atoms with Crippen LogP contribution in [0.1, 0.15) is 19.4 Å². The molecule has 3 atom stereocenters. The number of rotatable bonds is 0. The molecule has 9 heteroatoms. The summed E-state index contributed by atoms with van der Waals surface area (Å²) in [5.41, 5.74) is 0.118. The molecule has 2 fully saturated rings. The summed E-state index contributed by atoms with van der Waals surface area (Å²) in [4.78, 5) is 43.3. The Labute approximate surface area is 148 Å². The van der Waals surface area contributed by atoms with Gasteiger partial charge >= 0.3 is 6.03 Å². The van der Waals surface area contributed by atoms with Gasteiger partial charge in [-0.15, -0.1) is 0 Å². The highest BCUT2D eigenvalue weighted by atomic mass is 35.5. The van der Waals surface area contributed by atoms with Gasteiger partial charge in [0, 0.05) is 24.8 Å². The van der Waals surface area contributed by atoms with E-state index < -0.39 is 35.4 Å². The summed E-state index contributed by atoms with van der Waals surface area (Å²) in [5, 5.41) is 4.82. The fourth-order valence-electron chi connectivity index (χ4n) is 4.29. The molecule has 0 unspecified atom stereocenters. The fourth-order valence-corrected chi connectivity index (χ4v) is 4.44. The highest BCUT2D eigenvalue weighted by molar-refractivity contribution is 6.29. The van der Waals surface area contributed by atoms with Crippen molar-refractivity contribution in [2.24, 2.45) is 5.41 Å². The number of carbonyl (C=O) groups excluding carboxylic acids is 3. The highest BCUT2D eigenvalue weighted by Crippen LogP contribution is 2.46. The zero-order valence-corrected chi connectivity index (χ0v) is 14.5. The van der Waals surface area contributed by atoms with Gasteiger partial charge in [-0.05, 0) is 25.5 Å². The number of morpholine rings is 1. The number of nitrogens with zero attached hydrogens (tertiary/aromatic N) is 2. The van der Waals surface area contributed by atoms with E-state index in [2.05, 4.69) is 15.6 Å². The Kier molecular flexibility index (Phi) is 3.52. The molecule has 1 spiro atoms. The number of imide groups is 2. The van der Waals surface area contributed by atoms with E-state index in [0.29, 0.717) is 11.7 Å². The molecule has 4 amide bonds. The number of hydrogen-bond acceptors (Lipinski definition) is 6. The van der Waals surface area contributed by atoms with Crippen LogP contribution in [0, 0.1) is 5.41 Å². The van der Waals surface area contributed by atoms with E-state index in [9.17, 15) is 14.4 Å². The van der Waals surface area contributed by atoms with Crippen molar-refractivity contribution in [2.75, 3.05) is 11.4 Å². The van der Waals surface area contributed by atoms with Crippen LogP contribution in [0.3, 0.4) is 0 Å². The molecule has 4 rings (SSSR count). The molecular formula is C16H17ClN4O4. The molecule has 3 aliphatic rings. The van der Waals surface area contributed by atoms with Crippen LogP contribution >= 0.6 is 11.6 Å². The van der Waals surface area contributed by atoms with Gasteiger partial charge in [0.25, 0.3) is 0 Å². The van der Waals surface area contributed by atoms with Gasteiger partial charge in [-0.1, -0.05) is 11.6 Å². The maximum atomic E-state index is 12.8. The maximum absolute atomic E-state index is 12.8. The second kappa shape index (κ2) is 5.40. The average molecular weight is 365 g/mol. The van der Waals surface area contributed by atoms with E-state index in [1.807, 2.05) is 18.7 Å². The number of halogens is 1. The van der Waals surface area contributed by atoms with Crippen molar-refractivity contribution in [3.63, 3.8) is 0 Å². The molecule has 4 heterocycles. The first-order valence-corrected chi connectivity index (χ1v) is 8.44. The third-order valence-electron chi connectivity index (χ3n) is 5.16. The van der Waals surface area contributed by atoms with E-state index in [1.165, 1.54) is 0 Å². The number of pyridine rings is 1. The molecule has 0 saturated carbocycles. The van der Waals surface area contributed by atoms with Gasteiger partial charge < -0.3 is 9.64 Å². The van der Waals surface area contributed by atoms with Gasteiger partial charge in [0.05, 0.1) is 18.2 Å². The van der Waals surface area contributed by atoms with Gasteiger partial charge in [-0.2, -0.15) is 0 Å².